The van der Waals surface area contributed by atoms with Crippen LogP contribution in [0.5, 0.6) is 0 Å². The minimum atomic E-state index is 0.681. The Morgan fingerprint density at radius 3 is 2.42 bits per heavy atom. The second kappa shape index (κ2) is 5.64. The van der Waals surface area contributed by atoms with E-state index in [-0.39, 0.29) is 0 Å². The number of benzene rings is 2. The molecule has 126 valence electrons. The lowest BCUT2D eigenvalue weighted by Crippen LogP contribution is -1.98. The number of halogens is 1. The second-order valence-electron chi connectivity index (χ2n) is 6.10. The molecule has 0 radical (unpaired) electrons. The first-order valence-electron chi connectivity index (χ1n) is 8.11. The molecule has 0 aliphatic heterocycles. The molecule has 0 N–H and O–H groups in total. The van der Waals surface area contributed by atoms with Gasteiger partial charge >= 0.3 is 0 Å². The second-order valence-corrected chi connectivity index (χ2v) is 6.53. The lowest BCUT2D eigenvalue weighted by molar-refractivity contribution is 0.893. The number of hydrogen-bond donors (Lipinski definition) is 0. The molecule has 6 nitrogen and oxygen atoms in total. The molecule has 0 saturated carbocycles. The van der Waals surface area contributed by atoms with Crippen molar-refractivity contribution < 1.29 is 0 Å². The van der Waals surface area contributed by atoms with E-state index in [1.807, 2.05) is 40.8 Å². The third-order valence-electron chi connectivity index (χ3n) is 4.36. The lowest BCUT2D eigenvalue weighted by atomic mass is 10.1. The molecule has 2 aromatic carbocycles. The topological polar surface area (TPSA) is 60.9 Å². The summed E-state index contributed by atoms with van der Waals surface area (Å²) in [7, 11) is 0. The van der Waals surface area contributed by atoms with Crippen LogP contribution in [-0.4, -0.2) is 29.4 Å². The molecule has 26 heavy (non-hydrogen) atoms. The summed E-state index contributed by atoms with van der Waals surface area (Å²) in [6, 6.07) is 15.7. The molecular formula is C19H13ClN6. The first-order valence-corrected chi connectivity index (χ1v) is 8.49. The first-order chi connectivity index (χ1) is 12.7. The average Bonchev–Trinajstić information content (AvgIpc) is 3.27. The van der Waals surface area contributed by atoms with Crippen molar-refractivity contribution in [1.82, 2.24) is 29.4 Å². The molecule has 0 aliphatic rings. The van der Waals surface area contributed by atoms with Crippen molar-refractivity contribution in [3.63, 3.8) is 0 Å². The molecule has 0 unspecified atom stereocenters. The van der Waals surface area contributed by atoms with E-state index in [0.717, 1.165) is 33.8 Å². The summed E-state index contributed by atoms with van der Waals surface area (Å²) < 4.78 is 3.66. The van der Waals surface area contributed by atoms with Gasteiger partial charge in [0.2, 0.25) is 0 Å². The SMILES string of the molecule is Cc1ccc(-c2nnc3c4cnn(-c5ccc(Cl)cc5)c4ncn23)cc1. The van der Waals surface area contributed by atoms with Gasteiger partial charge in [-0.2, -0.15) is 5.10 Å². The largest absolute Gasteiger partial charge is 0.265 e. The van der Waals surface area contributed by atoms with Crippen molar-refractivity contribution in [2.45, 2.75) is 6.92 Å². The van der Waals surface area contributed by atoms with Crippen molar-refractivity contribution in [2.75, 3.05) is 0 Å². The third-order valence-corrected chi connectivity index (χ3v) is 4.61. The summed E-state index contributed by atoms with van der Waals surface area (Å²) in [6.45, 7) is 2.06. The van der Waals surface area contributed by atoms with Crippen LogP contribution in [0, 0.1) is 6.92 Å². The van der Waals surface area contributed by atoms with Gasteiger partial charge in [-0.05, 0) is 31.2 Å². The van der Waals surface area contributed by atoms with Crippen molar-refractivity contribution in [3.05, 3.63) is 71.6 Å². The van der Waals surface area contributed by atoms with Gasteiger partial charge in [-0.25, -0.2) is 9.67 Å². The quantitative estimate of drug-likeness (QED) is 0.475. The molecule has 3 heterocycles. The summed E-state index contributed by atoms with van der Waals surface area (Å²) in [6.07, 6.45) is 3.50. The molecule has 0 saturated heterocycles. The summed E-state index contributed by atoms with van der Waals surface area (Å²) in [5, 5.41) is 14.7. The standard InChI is InChI=1S/C19H13ClN6/c1-12-2-4-13(5-3-12)17-23-24-19-16-10-22-26(18(16)21-11-25(17)19)15-8-6-14(20)7-9-15/h2-11H,1H3. The zero-order valence-corrected chi connectivity index (χ0v) is 14.6. The third kappa shape index (κ3) is 2.27. The van der Waals surface area contributed by atoms with Crippen LogP contribution in [0.1, 0.15) is 5.56 Å². The highest BCUT2D eigenvalue weighted by Gasteiger charge is 2.15. The zero-order valence-electron chi connectivity index (χ0n) is 13.8. The van der Waals surface area contributed by atoms with Crippen molar-refractivity contribution in [1.29, 1.82) is 0 Å². The van der Waals surface area contributed by atoms with Crippen molar-refractivity contribution in [2.24, 2.45) is 0 Å². The Bertz CT molecular complexity index is 1140. The van der Waals surface area contributed by atoms with Gasteiger partial charge in [0.25, 0.3) is 0 Å². The molecule has 3 aromatic heterocycles. The predicted molar refractivity (Wildman–Crippen MR) is 101 cm³/mol. The Hall–Kier alpha value is -3.25. The number of aromatic nitrogens is 6. The van der Waals surface area contributed by atoms with E-state index in [2.05, 4.69) is 39.3 Å². The lowest BCUT2D eigenvalue weighted by Gasteiger charge is -2.04. The molecule has 0 bridgehead atoms. The maximum Gasteiger partial charge on any atom is 0.175 e. The van der Waals surface area contributed by atoms with Crippen LogP contribution >= 0.6 is 11.6 Å². The highest BCUT2D eigenvalue weighted by Crippen LogP contribution is 2.24. The van der Waals surface area contributed by atoms with Crippen LogP contribution in [0.25, 0.3) is 33.8 Å². The highest BCUT2D eigenvalue weighted by molar-refractivity contribution is 6.30. The Labute approximate surface area is 153 Å². The molecule has 0 spiro atoms. The number of fused-ring (bicyclic) bond motifs is 3. The number of nitrogens with zero attached hydrogens (tertiary/aromatic N) is 6. The Morgan fingerprint density at radius 2 is 1.65 bits per heavy atom. The predicted octanol–water partition coefficient (Wildman–Crippen LogP) is 4.09. The molecule has 0 fully saturated rings. The first kappa shape index (κ1) is 15.0. The van der Waals surface area contributed by atoms with Gasteiger partial charge in [-0.3, -0.25) is 4.40 Å². The van der Waals surface area contributed by atoms with Crippen LogP contribution in [0.4, 0.5) is 0 Å². The molecule has 0 amide bonds. The fraction of sp³-hybridized carbons (Fsp3) is 0.0526. The number of hydrogen-bond acceptors (Lipinski definition) is 4. The van der Waals surface area contributed by atoms with Gasteiger partial charge in [0.05, 0.1) is 17.3 Å². The molecule has 5 rings (SSSR count). The van der Waals surface area contributed by atoms with Gasteiger partial charge in [-0.15, -0.1) is 10.2 Å². The van der Waals surface area contributed by atoms with Gasteiger partial charge < -0.3 is 0 Å². The normalized spacial score (nSPS) is 11.5. The maximum absolute atomic E-state index is 5.97. The number of rotatable bonds is 2. The van der Waals surface area contributed by atoms with Gasteiger partial charge in [-0.1, -0.05) is 41.4 Å². The van der Waals surface area contributed by atoms with E-state index < -0.39 is 0 Å². The van der Waals surface area contributed by atoms with Crippen LogP contribution in [0.3, 0.4) is 0 Å². The van der Waals surface area contributed by atoms with Crippen LogP contribution < -0.4 is 0 Å². The minimum Gasteiger partial charge on any atom is -0.265 e. The van der Waals surface area contributed by atoms with E-state index in [0.29, 0.717) is 5.02 Å². The summed E-state index contributed by atoms with van der Waals surface area (Å²) in [5.41, 5.74) is 4.54. The van der Waals surface area contributed by atoms with Gasteiger partial charge in [0, 0.05) is 10.6 Å². The average molecular weight is 361 g/mol. The summed E-state index contributed by atoms with van der Waals surface area (Å²) >= 11 is 5.97. The highest BCUT2D eigenvalue weighted by atomic mass is 35.5. The molecular weight excluding hydrogens is 348 g/mol. The van der Waals surface area contributed by atoms with E-state index in [9.17, 15) is 0 Å². The van der Waals surface area contributed by atoms with E-state index in [4.69, 9.17) is 11.6 Å². The van der Waals surface area contributed by atoms with E-state index in [1.54, 1.807) is 17.2 Å². The van der Waals surface area contributed by atoms with Crippen LogP contribution in [-0.2, 0) is 0 Å². The Kier molecular flexibility index (Phi) is 3.26. The Morgan fingerprint density at radius 1 is 0.885 bits per heavy atom. The number of aryl methyl sites for hydroxylation is 1. The van der Waals surface area contributed by atoms with Gasteiger partial charge in [0.15, 0.2) is 17.1 Å². The van der Waals surface area contributed by atoms with E-state index >= 15 is 0 Å². The van der Waals surface area contributed by atoms with Crippen molar-refractivity contribution in [3.8, 4) is 17.1 Å². The monoisotopic (exact) mass is 360 g/mol. The Balaban J connectivity index is 1.70. The van der Waals surface area contributed by atoms with Gasteiger partial charge in [0.1, 0.15) is 6.33 Å². The van der Waals surface area contributed by atoms with Crippen LogP contribution in [0.15, 0.2) is 61.1 Å². The summed E-state index contributed by atoms with van der Waals surface area (Å²) in [4.78, 5) is 4.59. The fourth-order valence-corrected chi connectivity index (χ4v) is 3.12. The summed E-state index contributed by atoms with van der Waals surface area (Å²) in [5.74, 6) is 0.758. The maximum atomic E-state index is 5.97. The fourth-order valence-electron chi connectivity index (χ4n) is 2.99. The molecule has 0 atom stereocenters. The molecule has 5 aromatic rings. The smallest absolute Gasteiger partial charge is 0.175 e. The van der Waals surface area contributed by atoms with Crippen LogP contribution in [0.2, 0.25) is 5.02 Å². The van der Waals surface area contributed by atoms with Crippen molar-refractivity contribution >= 4 is 28.3 Å². The zero-order chi connectivity index (χ0) is 17.7. The minimum absolute atomic E-state index is 0.681. The molecule has 7 heteroatoms. The molecule has 0 aliphatic carbocycles. The van der Waals surface area contributed by atoms with E-state index in [1.165, 1.54) is 5.56 Å².